The molecule has 0 saturated heterocycles. The first kappa shape index (κ1) is 14.1. The second-order valence-electron chi connectivity index (χ2n) is 5.69. The Morgan fingerprint density at radius 1 is 1.39 bits per heavy atom. The molecule has 0 fully saturated rings. The fourth-order valence-electron chi connectivity index (χ4n) is 2.98. The first-order valence-electron chi connectivity index (χ1n) is 7.58. The third kappa shape index (κ3) is 2.52. The van der Waals surface area contributed by atoms with Crippen molar-refractivity contribution in [3.63, 3.8) is 0 Å². The number of anilines is 1. The van der Waals surface area contributed by atoms with Crippen LogP contribution < -0.4 is 5.32 Å². The summed E-state index contributed by atoms with van der Waals surface area (Å²) in [5.41, 5.74) is 0.826. The molecule has 0 amide bonds. The van der Waals surface area contributed by atoms with E-state index in [9.17, 15) is 0 Å². The number of hydrogen-bond acceptors (Lipinski definition) is 7. The first-order chi connectivity index (χ1) is 11.2. The van der Waals surface area contributed by atoms with E-state index >= 15 is 0 Å². The van der Waals surface area contributed by atoms with Gasteiger partial charge in [0.2, 0.25) is 0 Å². The van der Waals surface area contributed by atoms with Gasteiger partial charge in [0.05, 0.1) is 12.3 Å². The first-order valence-corrected chi connectivity index (χ1v) is 7.58. The van der Waals surface area contributed by atoms with Crippen molar-refractivity contribution in [1.82, 2.24) is 34.3 Å². The Balaban J connectivity index is 1.62. The maximum Gasteiger partial charge on any atom is 0.254 e. The van der Waals surface area contributed by atoms with Gasteiger partial charge in [-0.3, -0.25) is 0 Å². The molecule has 1 aliphatic rings. The Bertz CT molecular complexity index is 839. The summed E-state index contributed by atoms with van der Waals surface area (Å²) in [5.74, 6) is 3.45. The van der Waals surface area contributed by atoms with Crippen LogP contribution >= 0.6 is 0 Å². The fourth-order valence-corrected chi connectivity index (χ4v) is 2.98. The SMILES string of the molecule is COCc1cc(N[C@@H]2CCc3nnc(C)n3C2)n2ncnc2n1. The van der Waals surface area contributed by atoms with Gasteiger partial charge in [-0.05, 0) is 13.3 Å². The molecule has 3 aromatic rings. The molecule has 120 valence electrons. The number of nitrogens with one attached hydrogen (secondary N) is 1. The number of aryl methyl sites for hydroxylation is 2. The highest BCUT2D eigenvalue weighted by molar-refractivity contribution is 5.45. The average molecular weight is 314 g/mol. The van der Waals surface area contributed by atoms with Crippen molar-refractivity contribution in [3.05, 3.63) is 29.7 Å². The summed E-state index contributed by atoms with van der Waals surface area (Å²) in [6.45, 7) is 3.27. The Hall–Kier alpha value is -2.55. The van der Waals surface area contributed by atoms with E-state index in [1.807, 2.05) is 13.0 Å². The zero-order valence-electron chi connectivity index (χ0n) is 13.1. The van der Waals surface area contributed by atoms with Crippen LogP contribution in [0.2, 0.25) is 0 Å². The van der Waals surface area contributed by atoms with Gasteiger partial charge in [-0.2, -0.15) is 14.6 Å². The molecule has 0 saturated carbocycles. The van der Waals surface area contributed by atoms with Crippen LogP contribution in [-0.4, -0.2) is 47.5 Å². The molecule has 9 nitrogen and oxygen atoms in total. The van der Waals surface area contributed by atoms with Crippen LogP contribution in [0.5, 0.6) is 0 Å². The number of methoxy groups -OCH3 is 1. The molecule has 0 radical (unpaired) electrons. The average Bonchev–Trinajstić information content (AvgIpc) is 3.15. The van der Waals surface area contributed by atoms with Gasteiger partial charge in [-0.15, -0.1) is 10.2 Å². The third-order valence-electron chi connectivity index (χ3n) is 4.08. The summed E-state index contributed by atoms with van der Waals surface area (Å²) < 4.78 is 9.06. The third-order valence-corrected chi connectivity index (χ3v) is 4.08. The minimum Gasteiger partial charge on any atom is -0.378 e. The highest BCUT2D eigenvalue weighted by Gasteiger charge is 2.22. The molecule has 0 aliphatic carbocycles. The largest absolute Gasteiger partial charge is 0.378 e. The van der Waals surface area contributed by atoms with Crippen LogP contribution in [0.3, 0.4) is 0 Å². The quantitative estimate of drug-likeness (QED) is 0.753. The molecule has 1 atom stereocenters. The molecule has 3 aromatic heterocycles. The van der Waals surface area contributed by atoms with Crippen molar-refractivity contribution in [3.8, 4) is 0 Å². The van der Waals surface area contributed by atoms with Crippen molar-refractivity contribution < 1.29 is 4.74 Å². The highest BCUT2D eigenvalue weighted by atomic mass is 16.5. The van der Waals surface area contributed by atoms with Gasteiger partial charge in [0, 0.05) is 32.2 Å². The van der Waals surface area contributed by atoms with Crippen LogP contribution in [0.25, 0.3) is 5.78 Å². The van der Waals surface area contributed by atoms with Crippen LogP contribution in [0.4, 0.5) is 5.82 Å². The standard InChI is InChI=1S/C14H18N8O/c1-9-19-20-12-4-3-10(6-21(9)12)17-13-5-11(7-23-2)18-14-15-8-16-22(13)14/h5,8,10,17H,3-4,6-7H2,1-2H3/t10-/m1/s1. The topological polar surface area (TPSA) is 95.0 Å². The lowest BCUT2D eigenvalue weighted by molar-refractivity contribution is 0.181. The molecule has 4 heterocycles. The molecule has 9 heteroatoms. The minimum atomic E-state index is 0.280. The Morgan fingerprint density at radius 2 is 2.30 bits per heavy atom. The summed E-state index contributed by atoms with van der Waals surface area (Å²) in [4.78, 5) is 8.60. The molecular weight excluding hydrogens is 296 g/mol. The van der Waals surface area contributed by atoms with Crippen LogP contribution in [0, 0.1) is 6.92 Å². The minimum absolute atomic E-state index is 0.280. The summed E-state index contributed by atoms with van der Waals surface area (Å²) in [7, 11) is 1.65. The summed E-state index contributed by atoms with van der Waals surface area (Å²) >= 11 is 0. The highest BCUT2D eigenvalue weighted by Crippen LogP contribution is 2.19. The number of nitrogens with zero attached hydrogens (tertiary/aromatic N) is 7. The van der Waals surface area contributed by atoms with Gasteiger partial charge in [0.15, 0.2) is 0 Å². The van der Waals surface area contributed by atoms with Crippen LogP contribution in [0.1, 0.15) is 23.8 Å². The molecule has 0 bridgehead atoms. The van der Waals surface area contributed by atoms with Gasteiger partial charge >= 0.3 is 0 Å². The number of hydrogen-bond donors (Lipinski definition) is 1. The maximum absolute atomic E-state index is 5.18. The molecule has 23 heavy (non-hydrogen) atoms. The van der Waals surface area contributed by atoms with Crippen molar-refractivity contribution in [2.45, 2.75) is 39.0 Å². The summed E-state index contributed by atoms with van der Waals surface area (Å²) in [6.07, 6.45) is 3.41. The molecule has 0 unspecified atom stereocenters. The molecule has 0 spiro atoms. The predicted molar refractivity (Wildman–Crippen MR) is 82.0 cm³/mol. The number of fused-ring (bicyclic) bond motifs is 2. The Labute approximate surface area is 132 Å². The van der Waals surface area contributed by atoms with Crippen LogP contribution in [0.15, 0.2) is 12.4 Å². The van der Waals surface area contributed by atoms with Gasteiger partial charge in [0.25, 0.3) is 5.78 Å². The summed E-state index contributed by atoms with van der Waals surface area (Å²) in [6, 6.07) is 2.24. The Kier molecular flexibility index (Phi) is 3.41. The molecule has 1 N–H and O–H groups in total. The second-order valence-corrected chi connectivity index (χ2v) is 5.69. The van der Waals surface area contributed by atoms with Gasteiger partial charge in [0.1, 0.15) is 23.8 Å². The van der Waals surface area contributed by atoms with Crippen molar-refractivity contribution in [1.29, 1.82) is 0 Å². The predicted octanol–water partition coefficient (Wildman–Crippen LogP) is 0.598. The second kappa shape index (κ2) is 5.58. The van der Waals surface area contributed by atoms with Crippen LogP contribution in [-0.2, 0) is 24.3 Å². The van der Waals surface area contributed by atoms with E-state index in [1.165, 1.54) is 6.33 Å². The van der Waals surface area contributed by atoms with Gasteiger partial charge in [-0.1, -0.05) is 0 Å². The van der Waals surface area contributed by atoms with Gasteiger partial charge < -0.3 is 14.6 Å². The number of aromatic nitrogens is 7. The lowest BCUT2D eigenvalue weighted by Gasteiger charge is -2.26. The lowest BCUT2D eigenvalue weighted by atomic mass is 10.1. The van der Waals surface area contributed by atoms with E-state index < -0.39 is 0 Å². The van der Waals surface area contributed by atoms with E-state index in [0.717, 1.165) is 42.5 Å². The molecule has 1 aliphatic heterocycles. The van der Waals surface area contributed by atoms with E-state index in [4.69, 9.17) is 4.74 Å². The maximum atomic E-state index is 5.18. The normalized spacial score (nSPS) is 17.4. The lowest BCUT2D eigenvalue weighted by Crippen LogP contribution is -2.32. The van der Waals surface area contributed by atoms with Gasteiger partial charge in [-0.25, -0.2) is 4.98 Å². The van der Waals surface area contributed by atoms with Crippen molar-refractivity contribution >= 4 is 11.6 Å². The van der Waals surface area contributed by atoms with Crippen molar-refractivity contribution in [2.24, 2.45) is 0 Å². The number of rotatable bonds is 4. The molecular formula is C14H18N8O. The van der Waals surface area contributed by atoms with E-state index in [1.54, 1.807) is 11.6 Å². The van der Waals surface area contributed by atoms with Crippen molar-refractivity contribution in [2.75, 3.05) is 12.4 Å². The smallest absolute Gasteiger partial charge is 0.254 e. The fraction of sp³-hybridized carbons (Fsp3) is 0.500. The molecule has 4 rings (SSSR count). The summed E-state index contributed by atoms with van der Waals surface area (Å²) in [5, 5.41) is 16.2. The number of ether oxygens (including phenoxy) is 1. The van der Waals surface area contributed by atoms with E-state index in [2.05, 4.69) is 35.1 Å². The molecule has 0 aromatic carbocycles. The zero-order valence-corrected chi connectivity index (χ0v) is 13.1. The van der Waals surface area contributed by atoms with E-state index in [0.29, 0.717) is 12.4 Å². The monoisotopic (exact) mass is 314 g/mol. The Morgan fingerprint density at radius 3 is 3.17 bits per heavy atom. The van der Waals surface area contributed by atoms with E-state index in [-0.39, 0.29) is 6.04 Å². The zero-order chi connectivity index (χ0) is 15.8.